The van der Waals surface area contributed by atoms with E-state index in [2.05, 4.69) is 10.3 Å². The van der Waals surface area contributed by atoms with Gasteiger partial charge in [-0.25, -0.2) is 4.98 Å². The second-order valence-corrected chi connectivity index (χ2v) is 6.55. The molecule has 2 amide bonds. The molecule has 1 unspecified atom stereocenters. The van der Waals surface area contributed by atoms with Gasteiger partial charge in [-0.2, -0.15) is 5.26 Å². The monoisotopic (exact) mass is 381 g/mol. The first-order chi connectivity index (χ1) is 13.4. The molecule has 0 bridgehead atoms. The van der Waals surface area contributed by atoms with Crippen LogP contribution in [0.3, 0.4) is 0 Å². The highest BCUT2D eigenvalue weighted by molar-refractivity contribution is 6.39. The second-order valence-electron chi connectivity index (χ2n) is 6.55. The smallest absolute Gasteiger partial charge is 0.313 e. The van der Waals surface area contributed by atoms with Gasteiger partial charge in [-0.15, -0.1) is 0 Å². The van der Waals surface area contributed by atoms with Crippen LogP contribution in [0, 0.1) is 18.3 Å². The number of hydrogen-bond acceptors (Lipinski definition) is 6. The van der Waals surface area contributed by atoms with Gasteiger partial charge in [0.15, 0.2) is 0 Å². The normalized spacial score (nSPS) is 15.8. The summed E-state index contributed by atoms with van der Waals surface area (Å²) in [6.07, 6.45) is 3.18. The summed E-state index contributed by atoms with van der Waals surface area (Å²) in [5, 5.41) is 11.3. The van der Waals surface area contributed by atoms with Crippen LogP contribution >= 0.6 is 0 Å². The van der Waals surface area contributed by atoms with E-state index in [9.17, 15) is 14.4 Å². The van der Waals surface area contributed by atoms with Gasteiger partial charge in [0.05, 0.1) is 17.8 Å². The molecule has 1 fully saturated rings. The quantitative estimate of drug-likeness (QED) is 0.777. The lowest BCUT2D eigenvalue weighted by Crippen LogP contribution is -2.39. The van der Waals surface area contributed by atoms with Crippen LogP contribution in [-0.4, -0.2) is 45.5 Å². The molecule has 0 aromatic carbocycles. The van der Waals surface area contributed by atoms with Crippen molar-refractivity contribution >= 4 is 17.5 Å². The van der Waals surface area contributed by atoms with Gasteiger partial charge in [-0.1, -0.05) is 0 Å². The Kier molecular flexibility index (Phi) is 5.40. The molecule has 2 aromatic heterocycles. The minimum atomic E-state index is -0.765. The SMILES string of the molecule is Cc1cc(=O)n(C)cc1NC(=O)C(=O)N1CCC(Oc2ccc(C#N)cn2)C1. The van der Waals surface area contributed by atoms with Gasteiger partial charge < -0.3 is 19.5 Å². The van der Waals surface area contributed by atoms with E-state index in [1.54, 1.807) is 26.1 Å². The van der Waals surface area contributed by atoms with E-state index in [4.69, 9.17) is 10.00 Å². The van der Waals surface area contributed by atoms with Crippen molar-refractivity contribution in [2.24, 2.45) is 7.05 Å². The Bertz CT molecular complexity index is 1010. The zero-order valence-corrected chi connectivity index (χ0v) is 15.5. The van der Waals surface area contributed by atoms with Crippen LogP contribution in [0.1, 0.15) is 17.5 Å². The molecule has 1 aliphatic heterocycles. The molecule has 28 heavy (non-hydrogen) atoms. The summed E-state index contributed by atoms with van der Waals surface area (Å²) < 4.78 is 7.05. The van der Waals surface area contributed by atoms with Gasteiger partial charge >= 0.3 is 11.8 Å². The highest BCUT2D eigenvalue weighted by Crippen LogP contribution is 2.18. The van der Waals surface area contributed by atoms with Crippen LogP contribution in [0.4, 0.5) is 5.69 Å². The van der Waals surface area contributed by atoms with Gasteiger partial charge in [0.1, 0.15) is 12.2 Å². The summed E-state index contributed by atoms with van der Waals surface area (Å²) in [6.45, 7) is 2.34. The number of hydrogen-bond donors (Lipinski definition) is 1. The Morgan fingerprint density at radius 1 is 1.39 bits per heavy atom. The van der Waals surface area contributed by atoms with E-state index < -0.39 is 11.8 Å². The molecule has 0 aliphatic carbocycles. The van der Waals surface area contributed by atoms with Crippen molar-refractivity contribution in [1.29, 1.82) is 5.26 Å². The number of likely N-dealkylation sites (tertiary alicyclic amines) is 1. The Labute approximate surface area is 161 Å². The molecule has 0 radical (unpaired) electrons. The van der Waals surface area contributed by atoms with Crippen molar-refractivity contribution in [3.63, 3.8) is 0 Å². The molecule has 1 atom stereocenters. The molecule has 3 rings (SSSR count). The molecule has 1 aliphatic rings. The fraction of sp³-hybridized carbons (Fsp3) is 0.316. The van der Waals surface area contributed by atoms with Gasteiger partial charge in [0.25, 0.3) is 5.56 Å². The van der Waals surface area contributed by atoms with Crippen molar-refractivity contribution in [3.8, 4) is 11.9 Å². The van der Waals surface area contributed by atoms with Crippen molar-refractivity contribution in [1.82, 2.24) is 14.5 Å². The van der Waals surface area contributed by atoms with E-state index >= 15 is 0 Å². The first-order valence-electron chi connectivity index (χ1n) is 8.67. The van der Waals surface area contributed by atoms with E-state index in [1.165, 1.54) is 27.9 Å². The first-order valence-corrected chi connectivity index (χ1v) is 8.67. The summed E-state index contributed by atoms with van der Waals surface area (Å²) in [5.74, 6) is -1.06. The molecule has 1 saturated heterocycles. The number of ether oxygens (including phenoxy) is 1. The molecule has 0 saturated carbocycles. The molecular weight excluding hydrogens is 362 g/mol. The second kappa shape index (κ2) is 7.92. The fourth-order valence-electron chi connectivity index (χ4n) is 2.87. The first kappa shape index (κ1) is 19.1. The molecule has 3 heterocycles. The summed E-state index contributed by atoms with van der Waals surface area (Å²) in [4.78, 5) is 41.8. The number of carbonyl (C=O) groups excluding carboxylic acids is 2. The van der Waals surface area contributed by atoms with Crippen LogP contribution in [0.15, 0.2) is 35.4 Å². The summed E-state index contributed by atoms with van der Waals surface area (Å²) in [6, 6.07) is 6.57. The lowest BCUT2D eigenvalue weighted by atomic mass is 10.2. The number of carbonyl (C=O) groups is 2. The van der Waals surface area contributed by atoms with E-state index in [-0.39, 0.29) is 18.2 Å². The van der Waals surface area contributed by atoms with Gasteiger partial charge in [-0.05, 0) is 18.6 Å². The van der Waals surface area contributed by atoms with Gasteiger partial charge in [0.2, 0.25) is 5.88 Å². The van der Waals surface area contributed by atoms with Crippen LogP contribution in [0.2, 0.25) is 0 Å². The van der Waals surface area contributed by atoms with Crippen molar-refractivity contribution in [2.45, 2.75) is 19.4 Å². The minimum Gasteiger partial charge on any atom is -0.472 e. The van der Waals surface area contributed by atoms with E-state index in [0.29, 0.717) is 35.7 Å². The molecule has 9 nitrogen and oxygen atoms in total. The van der Waals surface area contributed by atoms with Crippen LogP contribution in [-0.2, 0) is 16.6 Å². The van der Waals surface area contributed by atoms with Crippen LogP contribution in [0.25, 0.3) is 0 Å². The average Bonchev–Trinajstić information content (AvgIpc) is 3.14. The number of pyridine rings is 2. The van der Waals surface area contributed by atoms with Gasteiger partial charge in [0, 0.05) is 44.5 Å². The molecule has 1 N–H and O–H groups in total. The highest BCUT2D eigenvalue weighted by atomic mass is 16.5. The number of nitrogens with one attached hydrogen (secondary N) is 1. The Morgan fingerprint density at radius 3 is 2.86 bits per heavy atom. The predicted octanol–water partition coefficient (Wildman–Crippen LogP) is 0.579. The third kappa shape index (κ3) is 4.17. The third-order valence-electron chi connectivity index (χ3n) is 4.46. The summed E-state index contributed by atoms with van der Waals surface area (Å²) in [7, 11) is 1.57. The number of anilines is 1. The molecule has 0 spiro atoms. The Hall–Kier alpha value is -3.67. The van der Waals surface area contributed by atoms with Crippen molar-refractivity contribution < 1.29 is 14.3 Å². The maximum absolute atomic E-state index is 12.4. The number of rotatable bonds is 3. The highest BCUT2D eigenvalue weighted by Gasteiger charge is 2.31. The minimum absolute atomic E-state index is 0.197. The van der Waals surface area contributed by atoms with Crippen molar-refractivity contribution in [2.75, 3.05) is 18.4 Å². The maximum Gasteiger partial charge on any atom is 0.313 e. The summed E-state index contributed by atoms with van der Waals surface area (Å²) in [5.41, 5.74) is 1.23. The zero-order chi connectivity index (χ0) is 20.3. The largest absolute Gasteiger partial charge is 0.472 e. The maximum atomic E-state index is 12.4. The molecule has 9 heteroatoms. The Balaban J connectivity index is 1.59. The van der Waals surface area contributed by atoms with Crippen molar-refractivity contribution in [3.05, 3.63) is 52.1 Å². The lowest BCUT2D eigenvalue weighted by Gasteiger charge is -2.17. The van der Waals surface area contributed by atoms with E-state index in [0.717, 1.165) is 0 Å². The molecule has 144 valence electrons. The zero-order valence-electron chi connectivity index (χ0n) is 15.5. The topological polar surface area (TPSA) is 117 Å². The number of nitriles is 1. The number of nitrogens with zero attached hydrogens (tertiary/aromatic N) is 4. The fourth-order valence-corrected chi connectivity index (χ4v) is 2.87. The third-order valence-corrected chi connectivity index (χ3v) is 4.46. The predicted molar refractivity (Wildman–Crippen MR) is 99.6 cm³/mol. The lowest BCUT2D eigenvalue weighted by molar-refractivity contribution is -0.142. The van der Waals surface area contributed by atoms with Crippen LogP contribution in [0.5, 0.6) is 5.88 Å². The Morgan fingerprint density at radius 2 is 2.18 bits per heavy atom. The van der Waals surface area contributed by atoms with E-state index in [1.807, 2.05) is 6.07 Å². The molecule has 2 aromatic rings. The average molecular weight is 381 g/mol. The van der Waals surface area contributed by atoms with Gasteiger partial charge in [-0.3, -0.25) is 14.4 Å². The summed E-state index contributed by atoms with van der Waals surface area (Å²) >= 11 is 0. The molecular formula is C19H19N5O4. The number of aryl methyl sites for hydroxylation is 2. The number of amides is 2. The van der Waals surface area contributed by atoms with Crippen LogP contribution < -0.4 is 15.6 Å². The standard InChI is InChI=1S/C19H19N5O4/c1-12-7-17(25)23(2)11-15(12)22-18(26)19(27)24-6-5-14(10-24)28-16-4-3-13(8-20)9-21-16/h3-4,7,9,11,14H,5-6,10H2,1-2H3,(H,22,26). The number of aromatic nitrogens is 2.